The van der Waals surface area contributed by atoms with Crippen LogP contribution < -0.4 is 14.6 Å². The van der Waals surface area contributed by atoms with Crippen molar-refractivity contribution in [3.63, 3.8) is 0 Å². The minimum Gasteiger partial charge on any atom is -0.338 e. The van der Waals surface area contributed by atoms with Gasteiger partial charge in [0.1, 0.15) is 5.82 Å². The van der Waals surface area contributed by atoms with E-state index in [4.69, 9.17) is 11.8 Å². The molecule has 0 spiro atoms. The van der Waals surface area contributed by atoms with Gasteiger partial charge in [-0.05, 0) is 6.92 Å². The lowest BCUT2D eigenvalue weighted by molar-refractivity contribution is 0.580. The first-order valence-corrected chi connectivity index (χ1v) is 5.87. The van der Waals surface area contributed by atoms with Crippen LogP contribution in [0, 0.1) is 0 Å². The highest BCUT2D eigenvalue weighted by Crippen LogP contribution is 2.16. The average molecular weight is 242 g/mol. The van der Waals surface area contributed by atoms with Crippen molar-refractivity contribution < 1.29 is 0 Å². The summed E-state index contributed by atoms with van der Waals surface area (Å²) in [6, 6.07) is 1.82. The maximum absolute atomic E-state index is 6.01. The molecule has 1 aliphatic heterocycles. The number of piperazine rings is 1. The molecule has 0 aliphatic carbocycles. The van der Waals surface area contributed by atoms with Gasteiger partial charge in [0.2, 0.25) is 5.95 Å². The number of hydrogen-bond donors (Lipinski definition) is 1. The van der Waals surface area contributed by atoms with Gasteiger partial charge in [-0.15, -0.1) is 0 Å². The summed E-state index contributed by atoms with van der Waals surface area (Å²) < 4.78 is 1.59. The summed E-state index contributed by atoms with van der Waals surface area (Å²) in [5.74, 6) is 1.52. The first-order chi connectivity index (χ1) is 7.81. The molecular formula is C10H16ClN5. The fourth-order valence-corrected chi connectivity index (χ4v) is 1.75. The maximum atomic E-state index is 6.01. The molecule has 0 amide bonds. The zero-order chi connectivity index (χ0) is 11.4. The van der Waals surface area contributed by atoms with E-state index in [0.29, 0.717) is 0 Å². The van der Waals surface area contributed by atoms with Crippen LogP contribution in [-0.2, 0) is 0 Å². The van der Waals surface area contributed by atoms with Crippen molar-refractivity contribution in [3.05, 3.63) is 12.3 Å². The fourth-order valence-electron chi connectivity index (χ4n) is 1.65. The molecule has 1 fully saturated rings. The average Bonchev–Trinajstić information content (AvgIpc) is 2.39. The number of rotatable bonds is 3. The van der Waals surface area contributed by atoms with E-state index in [1.54, 1.807) is 10.6 Å². The molecule has 88 valence electrons. The van der Waals surface area contributed by atoms with Crippen LogP contribution in [0.5, 0.6) is 0 Å². The molecule has 1 N–H and O–H groups in total. The molecule has 16 heavy (non-hydrogen) atoms. The van der Waals surface area contributed by atoms with Crippen LogP contribution in [0.3, 0.4) is 0 Å². The first-order valence-electron chi connectivity index (χ1n) is 5.53. The molecule has 5 nitrogen and oxygen atoms in total. The number of nitrogens with zero attached hydrogens (tertiary/aromatic N) is 4. The molecule has 1 aliphatic rings. The normalized spacial score (nSPS) is 16.2. The summed E-state index contributed by atoms with van der Waals surface area (Å²) in [5, 5.41) is 3.30. The Bertz CT molecular complexity index is 340. The standard InChI is InChI=1S/C10H16ClN5/c1-2-16(11)9-3-4-13-10(14-9)15-7-5-12-6-8-15/h3-4,12H,2,5-8H2,1H3. The summed E-state index contributed by atoms with van der Waals surface area (Å²) in [5.41, 5.74) is 0. The molecule has 0 radical (unpaired) electrons. The molecule has 0 atom stereocenters. The Labute approximate surface area is 101 Å². The van der Waals surface area contributed by atoms with Gasteiger partial charge in [-0.25, -0.2) is 4.98 Å². The molecule has 1 aromatic rings. The van der Waals surface area contributed by atoms with E-state index in [-0.39, 0.29) is 0 Å². The lowest BCUT2D eigenvalue weighted by Crippen LogP contribution is -2.44. The number of hydrogen-bond acceptors (Lipinski definition) is 5. The van der Waals surface area contributed by atoms with Gasteiger partial charge < -0.3 is 10.2 Å². The molecule has 2 heterocycles. The quantitative estimate of drug-likeness (QED) is 0.796. The Balaban J connectivity index is 2.14. The number of anilines is 2. The van der Waals surface area contributed by atoms with E-state index in [1.807, 2.05) is 13.0 Å². The van der Waals surface area contributed by atoms with Gasteiger partial charge in [0, 0.05) is 56.8 Å². The van der Waals surface area contributed by atoms with Gasteiger partial charge in [0.05, 0.1) is 0 Å². The fraction of sp³-hybridized carbons (Fsp3) is 0.600. The third kappa shape index (κ3) is 2.54. The number of nitrogens with one attached hydrogen (secondary N) is 1. The van der Waals surface area contributed by atoms with Crippen LogP contribution in [0.15, 0.2) is 12.3 Å². The van der Waals surface area contributed by atoms with E-state index in [1.165, 1.54) is 0 Å². The molecule has 6 heteroatoms. The molecule has 2 rings (SSSR count). The topological polar surface area (TPSA) is 44.3 Å². The molecular weight excluding hydrogens is 226 g/mol. The van der Waals surface area contributed by atoms with Crippen molar-refractivity contribution >= 4 is 23.5 Å². The SMILES string of the molecule is CCN(Cl)c1ccnc(N2CCNCC2)n1. The molecule has 0 bridgehead atoms. The van der Waals surface area contributed by atoms with Crippen LogP contribution in [0.1, 0.15) is 6.92 Å². The molecule has 0 saturated carbocycles. The zero-order valence-electron chi connectivity index (χ0n) is 9.36. The van der Waals surface area contributed by atoms with Crippen molar-refractivity contribution in [2.45, 2.75) is 6.92 Å². The summed E-state index contributed by atoms with van der Waals surface area (Å²) in [4.78, 5) is 10.9. The summed E-state index contributed by atoms with van der Waals surface area (Å²) in [6.07, 6.45) is 1.75. The van der Waals surface area contributed by atoms with Gasteiger partial charge in [0.25, 0.3) is 0 Å². The summed E-state index contributed by atoms with van der Waals surface area (Å²) in [6.45, 7) is 6.55. The number of aromatic nitrogens is 2. The predicted octanol–water partition coefficient (Wildman–Crippen LogP) is 0.866. The van der Waals surface area contributed by atoms with Crippen LogP contribution in [0.25, 0.3) is 0 Å². The Hall–Kier alpha value is -1.07. The van der Waals surface area contributed by atoms with Crippen molar-refractivity contribution in [1.29, 1.82) is 0 Å². The van der Waals surface area contributed by atoms with Crippen molar-refractivity contribution in [1.82, 2.24) is 15.3 Å². The smallest absolute Gasteiger partial charge is 0.227 e. The van der Waals surface area contributed by atoms with Crippen LogP contribution in [-0.4, -0.2) is 42.7 Å². The van der Waals surface area contributed by atoms with Gasteiger partial charge in [0.15, 0.2) is 0 Å². The van der Waals surface area contributed by atoms with E-state index in [2.05, 4.69) is 20.2 Å². The first kappa shape index (κ1) is 11.4. The van der Waals surface area contributed by atoms with Crippen LogP contribution in [0.2, 0.25) is 0 Å². The van der Waals surface area contributed by atoms with Gasteiger partial charge >= 0.3 is 0 Å². The Morgan fingerprint density at radius 3 is 2.94 bits per heavy atom. The maximum Gasteiger partial charge on any atom is 0.227 e. The highest BCUT2D eigenvalue weighted by atomic mass is 35.5. The Kier molecular flexibility index (Phi) is 3.79. The van der Waals surface area contributed by atoms with E-state index < -0.39 is 0 Å². The minimum absolute atomic E-state index is 0.722. The molecule has 1 aromatic heterocycles. The molecule has 1 saturated heterocycles. The summed E-state index contributed by atoms with van der Waals surface area (Å²) in [7, 11) is 0. The van der Waals surface area contributed by atoms with Crippen molar-refractivity contribution in [2.24, 2.45) is 0 Å². The van der Waals surface area contributed by atoms with E-state index in [0.717, 1.165) is 44.5 Å². The lowest BCUT2D eigenvalue weighted by Gasteiger charge is -2.27. The summed E-state index contributed by atoms with van der Waals surface area (Å²) >= 11 is 6.01. The second-order valence-electron chi connectivity index (χ2n) is 3.63. The van der Waals surface area contributed by atoms with E-state index >= 15 is 0 Å². The third-order valence-corrected chi connectivity index (χ3v) is 2.97. The van der Waals surface area contributed by atoms with Gasteiger partial charge in [-0.3, -0.25) is 4.42 Å². The third-order valence-electron chi connectivity index (χ3n) is 2.55. The Morgan fingerprint density at radius 2 is 2.25 bits per heavy atom. The second-order valence-corrected chi connectivity index (χ2v) is 4.04. The highest BCUT2D eigenvalue weighted by molar-refractivity contribution is 6.25. The second kappa shape index (κ2) is 5.32. The predicted molar refractivity (Wildman–Crippen MR) is 66.0 cm³/mol. The zero-order valence-corrected chi connectivity index (χ0v) is 10.1. The van der Waals surface area contributed by atoms with Crippen molar-refractivity contribution in [2.75, 3.05) is 42.0 Å². The van der Waals surface area contributed by atoms with Gasteiger partial charge in [-0.2, -0.15) is 4.98 Å². The molecule has 0 unspecified atom stereocenters. The monoisotopic (exact) mass is 241 g/mol. The van der Waals surface area contributed by atoms with Gasteiger partial charge in [-0.1, -0.05) is 0 Å². The molecule has 0 aromatic carbocycles. The van der Waals surface area contributed by atoms with Crippen LogP contribution in [0.4, 0.5) is 11.8 Å². The van der Waals surface area contributed by atoms with Crippen LogP contribution >= 0.6 is 11.8 Å². The number of halogens is 1. The van der Waals surface area contributed by atoms with Crippen molar-refractivity contribution in [3.8, 4) is 0 Å². The lowest BCUT2D eigenvalue weighted by atomic mass is 10.4. The Morgan fingerprint density at radius 1 is 1.50 bits per heavy atom. The minimum atomic E-state index is 0.722. The highest BCUT2D eigenvalue weighted by Gasteiger charge is 2.14. The van der Waals surface area contributed by atoms with E-state index in [9.17, 15) is 0 Å². The largest absolute Gasteiger partial charge is 0.338 e.